The van der Waals surface area contributed by atoms with E-state index >= 15 is 0 Å². The summed E-state index contributed by atoms with van der Waals surface area (Å²) in [5.74, 6) is -0.481. The van der Waals surface area contributed by atoms with Gasteiger partial charge in [-0.1, -0.05) is 60.0 Å². The average Bonchev–Trinajstić information content (AvgIpc) is 3.46. The lowest BCUT2D eigenvalue weighted by Crippen LogP contribution is -2.48. The van der Waals surface area contributed by atoms with E-state index in [4.69, 9.17) is 16.3 Å². The third-order valence-corrected chi connectivity index (χ3v) is 6.37. The average molecular weight is 514 g/mol. The van der Waals surface area contributed by atoms with Gasteiger partial charge in [0, 0.05) is 6.04 Å². The molecule has 2 aromatic carbocycles. The van der Waals surface area contributed by atoms with Gasteiger partial charge in [0.15, 0.2) is 0 Å². The number of nitrogens with zero attached hydrogens (tertiary/aromatic N) is 1. The van der Waals surface area contributed by atoms with Gasteiger partial charge in [-0.15, -0.1) is 0 Å². The number of anilines is 1. The van der Waals surface area contributed by atoms with E-state index in [0.717, 1.165) is 23.1 Å². The van der Waals surface area contributed by atoms with Crippen molar-refractivity contribution in [3.63, 3.8) is 0 Å². The molecule has 7 nitrogen and oxygen atoms in total. The molecule has 0 heterocycles. The monoisotopic (exact) mass is 513 g/mol. The molecule has 1 aliphatic rings. The summed E-state index contributed by atoms with van der Waals surface area (Å²) < 4.78 is 5.28. The highest BCUT2D eigenvalue weighted by Crippen LogP contribution is 2.41. The van der Waals surface area contributed by atoms with Crippen LogP contribution in [0.2, 0.25) is 5.02 Å². The molecule has 1 aliphatic carbocycles. The van der Waals surface area contributed by atoms with E-state index in [0.29, 0.717) is 16.3 Å². The van der Waals surface area contributed by atoms with Crippen LogP contribution in [0.5, 0.6) is 0 Å². The highest BCUT2D eigenvalue weighted by molar-refractivity contribution is 6.34. The molecule has 36 heavy (non-hydrogen) atoms. The topological polar surface area (TPSA) is 87.7 Å². The molecule has 8 heteroatoms. The van der Waals surface area contributed by atoms with Crippen LogP contribution in [0.1, 0.15) is 62.4 Å². The number of nitrogens with one attached hydrogen (secondary N) is 2. The van der Waals surface area contributed by atoms with Crippen LogP contribution < -0.4 is 10.6 Å². The van der Waals surface area contributed by atoms with Gasteiger partial charge in [0.2, 0.25) is 5.91 Å². The fourth-order valence-corrected chi connectivity index (χ4v) is 4.62. The molecule has 2 aromatic rings. The summed E-state index contributed by atoms with van der Waals surface area (Å²) in [6, 6.07) is 10.2. The minimum Gasteiger partial charge on any atom is -0.444 e. The molecule has 194 valence electrons. The molecule has 3 rings (SSSR count). The minimum atomic E-state index is -0.901. The molecule has 0 aromatic heterocycles. The predicted molar refractivity (Wildman–Crippen MR) is 142 cm³/mol. The van der Waals surface area contributed by atoms with E-state index < -0.39 is 17.7 Å². The maximum absolute atomic E-state index is 13.9. The second kappa shape index (κ2) is 10.9. The van der Waals surface area contributed by atoms with Crippen LogP contribution >= 0.6 is 11.6 Å². The lowest BCUT2D eigenvalue weighted by Gasteiger charge is -2.33. The molecule has 2 N–H and O–H groups in total. The summed E-state index contributed by atoms with van der Waals surface area (Å²) in [5, 5.41) is 5.94. The molecule has 3 atom stereocenters. The van der Waals surface area contributed by atoms with Gasteiger partial charge >= 0.3 is 6.09 Å². The first-order valence-electron chi connectivity index (χ1n) is 12.2. The number of rotatable bonds is 7. The number of aryl methyl sites for hydroxylation is 3. The Hall–Kier alpha value is -3.06. The Labute approximate surface area is 218 Å². The Morgan fingerprint density at radius 1 is 1.11 bits per heavy atom. The fraction of sp³-hybridized carbons (Fsp3) is 0.464. The molecule has 3 amide bonds. The van der Waals surface area contributed by atoms with Crippen molar-refractivity contribution in [3.05, 3.63) is 63.7 Å². The summed E-state index contributed by atoms with van der Waals surface area (Å²) in [4.78, 5) is 41.3. The predicted octanol–water partition coefficient (Wildman–Crippen LogP) is 5.71. The zero-order chi connectivity index (χ0) is 26.8. The summed E-state index contributed by atoms with van der Waals surface area (Å²) in [6.07, 6.45) is 0.0939. The number of carbonyl (C=O) groups is 3. The molecule has 0 bridgehead atoms. The smallest absolute Gasteiger partial charge is 0.408 e. The van der Waals surface area contributed by atoms with Crippen LogP contribution in [-0.2, 0) is 14.3 Å². The highest BCUT2D eigenvalue weighted by atomic mass is 35.5. The maximum atomic E-state index is 13.9. The van der Waals surface area contributed by atoms with Gasteiger partial charge in [0.05, 0.1) is 10.7 Å². The SMILES string of the molecule is Cc1cc(C)cc(C(C(=O)Nc2c(C)cccc2Cl)N(C(=O)CNC(=O)OC(C)(C)C)C2CC2C)c1. The van der Waals surface area contributed by atoms with E-state index in [9.17, 15) is 14.4 Å². The van der Waals surface area contributed by atoms with Crippen LogP contribution in [0.3, 0.4) is 0 Å². The number of amides is 3. The Morgan fingerprint density at radius 2 is 1.72 bits per heavy atom. The highest BCUT2D eigenvalue weighted by Gasteiger charge is 2.46. The summed E-state index contributed by atoms with van der Waals surface area (Å²) >= 11 is 6.40. The molecule has 0 saturated heterocycles. The lowest BCUT2D eigenvalue weighted by molar-refractivity contribution is -0.139. The van der Waals surface area contributed by atoms with Crippen molar-refractivity contribution < 1.29 is 19.1 Å². The minimum absolute atomic E-state index is 0.123. The molecule has 3 unspecified atom stereocenters. The first-order chi connectivity index (χ1) is 16.8. The van der Waals surface area contributed by atoms with Crippen LogP contribution in [0, 0.1) is 26.7 Å². The van der Waals surface area contributed by atoms with Crippen molar-refractivity contribution in [1.82, 2.24) is 10.2 Å². The normalized spacial score (nSPS) is 17.7. The summed E-state index contributed by atoms with van der Waals surface area (Å²) in [7, 11) is 0. The van der Waals surface area contributed by atoms with Crippen molar-refractivity contribution >= 4 is 35.2 Å². The van der Waals surface area contributed by atoms with Crippen molar-refractivity contribution in [3.8, 4) is 0 Å². The zero-order valence-electron chi connectivity index (χ0n) is 22.1. The molecule has 1 saturated carbocycles. The number of halogens is 1. The van der Waals surface area contributed by atoms with Crippen LogP contribution in [0.25, 0.3) is 0 Å². The quantitative estimate of drug-likeness (QED) is 0.496. The van der Waals surface area contributed by atoms with Crippen LogP contribution in [0.4, 0.5) is 10.5 Å². The maximum Gasteiger partial charge on any atom is 0.408 e. The Morgan fingerprint density at radius 3 is 2.25 bits per heavy atom. The van der Waals surface area contributed by atoms with Gasteiger partial charge in [0.1, 0.15) is 18.2 Å². The molecular formula is C28H36ClN3O4. The van der Waals surface area contributed by atoms with Crippen molar-refractivity contribution in [1.29, 1.82) is 0 Å². The Balaban J connectivity index is 1.97. The van der Waals surface area contributed by atoms with E-state index in [1.165, 1.54) is 0 Å². The largest absolute Gasteiger partial charge is 0.444 e. The zero-order valence-corrected chi connectivity index (χ0v) is 22.8. The standard InChI is InChI=1S/C28H36ClN3O4/c1-16-11-17(2)13-20(12-16)25(26(34)31-24-18(3)9-8-10-21(24)29)32(22-14-19(22)4)23(33)15-30-27(35)36-28(5,6)7/h8-13,19,22,25H,14-15H2,1-7H3,(H,30,35)(H,31,34). The number of alkyl carbamates (subject to hydrolysis) is 1. The molecular weight excluding hydrogens is 478 g/mol. The number of hydrogen-bond acceptors (Lipinski definition) is 4. The fourth-order valence-electron chi connectivity index (χ4n) is 4.35. The van der Waals surface area contributed by atoms with Gasteiger partial charge in [-0.05, 0) is 71.1 Å². The number of hydrogen-bond donors (Lipinski definition) is 2. The van der Waals surface area contributed by atoms with E-state index in [-0.39, 0.29) is 30.3 Å². The van der Waals surface area contributed by atoms with E-state index in [2.05, 4.69) is 10.6 Å². The van der Waals surface area contributed by atoms with Gasteiger partial charge in [-0.25, -0.2) is 4.79 Å². The Bertz CT molecular complexity index is 1120. The first-order valence-corrected chi connectivity index (χ1v) is 12.6. The molecule has 0 radical (unpaired) electrons. The van der Waals surface area contributed by atoms with E-state index in [1.54, 1.807) is 31.7 Å². The first kappa shape index (κ1) is 27.5. The summed E-state index contributed by atoms with van der Waals surface area (Å²) in [5.41, 5.74) is 3.33. The molecule has 1 fully saturated rings. The van der Waals surface area contributed by atoms with Crippen molar-refractivity contribution in [2.75, 3.05) is 11.9 Å². The third-order valence-electron chi connectivity index (χ3n) is 6.05. The van der Waals surface area contributed by atoms with Gasteiger partial charge < -0.3 is 20.3 Å². The number of para-hydroxylation sites is 1. The van der Waals surface area contributed by atoms with Crippen molar-refractivity contribution in [2.45, 2.75) is 72.6 Å². The van der Waals surface area contributed by atoms with Crippen molar-refractivity contribution in [2.24, 2.45) is 5.92 Å². The second-order valence-corrected chi connectivity index (χ2v) is 11.1. The summed E-state index contributed by atoms with van der Waals surface area (Å²) in [6.45, 7) is 12.8. The number of carbonyl (C=O) groups excluding carboxylic acids is 3. The second-order valence-electron chi connectivity index (χ2n) is 10.7. The van der Waals surface area contributed by atoms with Gasteiger partial charge in [-0.3, -0.25) is 9.59 Å². The van der Waals surface area contributed by atoms with E-state index in [1.807, 2.05) is 58.0 Å². The number of ether oxygens (including phenoxy) is 1. The lowest BCUT2D eigenvalue weighted by atomic mass is 9.98. The Kier molecular flexibility index (Phi) is 8.34. The van der Waals surface area contributed by atoms with Gasteiger partial charge in [-0.2, -0.15) is 0 Å². The van der Waals surface area contributed by atoms with Gasteiger partial charge in [0.25, 0.3) is 5.91 Å². The van der Waals surface area contributed by atoms with Crippen LogP contribution in [-0.4, -0.2) is 41.0 Å². The molecule has 0 aliphatic heterocycles. The molecule has 0 spiro atoms. The third kappa shape index (κ3) is 7.00. The van der Waals surface area contributed by atoms with Crippen LogP contribution in [0.15, 0.2) is 36.4 Å². The number of benzene rings is 2.